The molecule has 4 rings (SSSR count). The van der Waals surface area contributed by atoms with Crippen LogP contribution in [-0.2, 0) is 21.4 Å². The van der Waals surface area contributed by atoms with Gasteiger partial charge in [-0.15, -0.1) is 0 Å². The average Bonchev–Trinajstić information content (AvgIpc) is 3.14. The van der Waals surface area contributed by atoms with Crippen LogP contribution in [0.4, 0.5) is 8.78 Å². The van der Waals surface area contributed by atoms with Crippen molar-refractivity contribution in [1.29, 1.82) is 0 Å². The van der Waals surface area contributed by atoms with Crippen LogP contribution in [0.2, 0.25) is 0 Å². The van der Waals surface area contributed by atoms with E-state index in [9.17, 15) is 22.0 Å². The number of benzene rings is 1. The molecule has 1 unspecified atom stereocenters. The Labute approximate surface area is 180 Å². The first-order valence-electron chi connectivity index (χ1n) is 10.4. The minimum Gasteiger partial charge on any atom is -0.352 e. The van der Waals surface area contributed by atoms with E-state index in [1.807, 2.05) is 0 Å². The number of carbonyl (C=O) groups excluding carboxylic acids is 1. The molecule has 1 saturated carbocycles. The van der Waals surface area contributed by atoms with Crippen LogP contribution in [0.5, 0.6) is 0 Å². The summed E-state index contributed by atoms with van der Waals surface area (Å²) >= 11 is 0. The van der Waals surface area contributed by atoms with Crippen LogP contribution in [0, 0.1) is 23.0 Å². The van der Waals surface area contributed by atoms with Crippen molar-refractivity contribution in [1.82, 2.24) is 14.6 Å². The molecule has 0 bridgehead atoms. The van der Waals surface area contributed by atoms with Crippen molar-refractivity contribution in [3.63, 3.8) is 0 Å². The molecule has 1 aliphatic carbocycles. The largest absolute Gasteiger partial charge is 0.352 e. The van der Waals surface area contributed by atoms with Gasteiger partial charge in [0, 0.05) is 37.6 Å². The van der Waals surface area contributed by atoms with Crippen LogP contribution < -0.4 is 5.32 Å². The molecule has 0 radical (unpaired) electrons. The number of nitrogens with zero attached hydrogens (tertiary/aromatic N) is 2. The molecule has 1 aromatic heterocycles. The molecule has 31 heavy (non-hydrogen) atoms. The lowest BCUT2D eigenvalue weighted by atomic mass is 9.67. The third-order valence-electron chi connectivity index (χ3n) is 6.52. The van der Waals surface area contributed by atoms with Gasteiger partial charge in [-0.1, -0.05) is 19.3 Å². The van der Waals surface area contributed by atoms with E-state index < -0.39 is 33.0 Å². The number of sulfonamides is 1. The number of halogens is 2. The number of nitrogens with one attached hydrogen (secondary N) is 1. The number of rotatable bonds is 5. The molecule has 9 heteroatoms. The molecule has 1 aromatic carbocycles. The maximum absolute atomic E-state index is 13.9. The lowest BCUT2D eigenvalue weighted by Crippen LogP contribution is -2.42. The molecule has 2 aliphatic rings. The monoisotopic (exact) mass is 449 g/mol. The van der Waals surface area contributed by atoms with Crippen LogP contribution in [0.15, 0.2) is 47.6 Å². The lowest BCUT2D eigenvalue weighted by molar-refractivity contribution is -0.128. The first-order chi connectivity index (χ1) is 14.8. The summed E-state index contributed by atoms with van der Waals surface area (Å²) in [7, 11) is -3.78. The fourth-order valence-electron chi connectivity index (χ4n) is 4.86. The van der Waals surface area contributed by atoms with Crippen LogP contribution in [0.25, 0.3) is 0 Å². The summed E-state index contributed by atoms with van der Waals surface area (Å²) in [4.78, 5) is 17.1. The minimum atomic E-state index is -3.78. The molecule has 1 spiro atoms. The fraction of sp³-hybridized carbons (Fsp3) is 0.455. The van der Waals surface area contributed by atoms with E-state index >= 15 is 0 Å². The van der Waals surface area contributed by atoms with Gasteiger partial charge in [0.2, 0.25) is 15.9 Å². The zero-order valence-corrected chi connectivity index (χ0v) is 17.9. The predicted molar refractivity (Wildman–Crippen MR) is 110 cm³/mol. The van der Waals surface area contributed by atoms with E-state index in [0.717, 1.165) is 50.3 Å². The van der Waals surface area contributed by atoms with Gasteiger partial charge in [-0.2, -0.15) is 4.31 Å². The zero-order chi connectivity index (χ0) is 22.1. The van der Waals surface area contributed by atoms with E-state index in [1.165, 1.54) is 22.8 Å². The zero-order valence-electron chi connectivity index (χ0n) is 17.1. The Bertz CT molecular complexity index is 1060. The highest BCUT2D eigenvalue weighted by molar-refractivity contribution is 7.89. The van der Waals surface area contributed by atoms with Crippen LogP contribution >= 0.6 is 0 Å². The molecule has 1 aliphatic heterocycles. The van der Waals surface area contributed by atoms with Gasteiger partial charge in [0.25, 0.3) is 0 Å². The third kappa shape index (κ3) is 4.34. The molecular formula is C22H25F2N3O3S. The lowest BCUT2D eigenvalue weighted by Gasteiger charge is -2.37. The van der Waals surface area contributed by atoms with Crippen molar-refractivity contribution in [3.8, 4) is 0 Å². The van der Waals surface area contributed by atoms with Crippen molar-refractivity contribution in [2.24, 2.45) is 11.3 Å². The number of carbonyl (C=O) groups is 1. The van der Waals surface area contributed by atoms with Crippen molar-refractivity contribution >= 4 is 15.9 Å². The van der Waals surface area contributed by atoms with Crippen molar-refractivity contribution in [3.05, 3.63) is 59.9 Å². The quantitative estimate of drug-likeness (QED) is 0.760. The van der Waals surface area contributed by atoms with E-state index in [-0.39, 0.29) is 36.0 Å². The summed E-state index contributed by atoms with van der Waals surface area (Å²) in [6.45, 7) is 0.190. The third-order valence-corrected chi connectivity index (χ3v) is 8.31. The van der Waals surface area contributed by atoms with Gasteiger partial charge < -0.3 is 5.32 Å². The smallest absolute Gasteiger partial charge is 0.244 e. The predicted octanol–water partition coefficient (Wildman–Crippen LogP) is 3.25. The topological polar surface area (TPSA) is 79.4 Å². The molecule has 1 N–H and O–H groups in total. The van der Waals surface area contributed by atoms with Gasteiger partial charge in [0.1, 0.15) is 16.5 Å². The fourth-order valence-corrected chi connectivity index (χ4v) is 6.38. The molecule has 166 valence electrons. The molecule has 1 atom stereocenters. The van der Waals surface area contributed by atoms with Crippen molar-refractivity contribution in [2.75, 3.05) is 13.1 Å². The Morgan fingerprint density at radius 1 is 1.19 bits per heavy atom. The number of amides is 1. The van der Waals surface area contributed by atoms with Crippen molar-refractivity contribution in [2.45, 2.75) is 43.5 Å². The van der Waals surface area contributed by atoms with Crippen molar-refractivity contribution < 1.29 is 22.0 Å². The summed E-state index contributed by atoms with van der Waals surface area (Å²) in [5, 5.41) is 2.71. The number of aromatic nitrogens is 1. The van der Waals surface area contributed by atoms with Crippen LogP contribution in [-0.4, -0.2) is 36.7 Å². The normalized spacial score (nSPS) is 21.3. The van der Waals surface area contributed by atoms with Gasteiger partial charge in [0.15, 0.2) is 0 Å². The summed E-state index contributed by atoms with van der Waals surface area (Å²) in [5.74, 6) is -2.05. The average molecular weight is 450 g/mol. The molecule has 1 saturated heterocycles. The molecule has 2 aromatic rings. The van der Waals surface area contributed by atoms with Crippen LogP contribution in [0.3, 0.4) is 0 Å². The van der Waals surface area contributed by atoms with Crippen LogP contribution in [0.1, 0.15) is 37.7 Å². The van der Waals surface area contributed by atoms with Gasteiger partial charge >= 0.3 is 0 Å². The van der Waals surface area contributed by atoms with Gasteiger partial charge in [-0.3, -0.25) is 9.78 Å². The first-order valence-corrected chi connectivity index (χ1v) is 11.9. The maximum atomic E-state index is 13.9. The Morgan fingerprint density at radius 2 is 1.97 bits per heavy atom. The minimum absolute atomic E-state index is 0.0591. The summed E-state index contributed by atoms with van der Waals surface area (Å²) < 4.78 is 55.1. The Hall–Kier alpha value is -2.39. The number of pyridine rings is 1. The second-order valence-electron chi connectivity index (χ2n) is 8.42. The highest BCUT2D eigenvalue weighted by Crippen LogP contribution is 2.48. The van der Waals surface area contributed by atoms with E-state index in [4.69, 9.17) is 0 Å². The highest BCUT2D eigenvalue weighted by Gasteiger charge is 2.53. The molecule has 1 amide bonds. The highest BCUT2D eigenvalue weighted by atomic mass is 32.2. The summed E-state index contributed by atoms with van der Waals surface area (Å²) in [5.41, 5.74) is -0.387. The Morgan fingerprint density at radius 3 is 2.68 bits per heavy atom. The molecular weight excluding hydrogens is 424 g/mol. The summed E-state index contributed by atoms with van der Waals surface area (Å²) in [6, 6.07) is 6.17. The van der Waals surface area contributed by atoms with E-state index in [0.29, 0.717) is 0 Å². The Kier molecular flexibility index (Phi) is 6.07. The second kappa shape index (κ2) is 8.63. The molecule has 2 fully saturated rings. The van der Waals surface area contributed by atoms with Gasteiger partial charge in [0.05, 0.1) is 5.92 Å². The van der Waals surface area contributed by atoms with Gasteiger partial charge in [-0.25, -0.2) is 17.2 Å². The van der Waals surface area contributed by atoms with E-state index in [1.54, 1.807) is 6.07 Å². The van der Waals surface area contributed by atoms with E-state index in [2.05, 4.69) is 10.3 Å². The number of hydrogen-bond acceptors (Lipinski definition) is 4. The maximum Gasteiger partial charge on any atom is 0.244 e. The number of hydrogen-bond donors (Lipinski definition) is 1. The SMILES string of the molecule is O=C(NCc1cc(F)ccc1F)C1CN(S(=O)(=O)c2cccnc2)CC12CCCCC2. The Balaban J connectivity index is 1.56. The second-order valence-corrected chi connectivity index (χ2v) is 10.4. The van der Waals surface area contributed by atoms with Gasteiger partial charge in [-0.05, 0) is 48.6 Å². The first kappa shape index (κ1) is 21.8. The molecule has 6 nitrogen and oxygen atoms in total. The molecule has 2 heterocycles. The summed E-state index contributed by atoms with van der Waals surface area (Å²) in [6.07, 6.45) is 7.26. The standard InChI is InChI=1S/C22H25F2N3O3S/c23-17-6-7-20(24)16(11-17)12-26-21(28)19-14-27(15-22(19)8-2-1-3-9-22)31(29,30)18-5-4-10-25-13-18/h4-7,10-11,13,19H,1-3,8-9,12,14-15H2,(H,26,28).